The summed E-state index contributed by atoms with van der Waals surface area (Å²) in [5.41, 5.74) is 2.94. The normalized spacial score (nSPS) is 12.6. The van der Waals surface area contributed by atoms with Gasteiger partial charge in [0.1, 0.15) is 0 Å². The fourth-order valence-corrected chi connectivity index (χ4v) is 1.88. The Morgan fingerprint density at radius 3 is 2.18 bits per heavy atom. The van der Waals surface area contributed by atoms with Gasteiger partial charge in [-0.2, -0.15) is 0 Å². The highest BCUT2D eigenvalue weighted by molar-refractivity contribution is 5.53. The third kappa shape index (κ3) is 5.76. The lowest BCUT2D eigenvalue weighted by atomic mass is 10.1. The Balaban J connectivity index is 0. The summed E-state index contributed by atoms with van der Waals surface area (Å²) < 4.78 is 0. The van der Waals surface area contributed by atoms with Crippen molar-refractivity contribution in [3.63, 3.8) is 0 Å². The van der Waals surface area contributed by atoms with Crippen molar-refractivity contribution in [2.45, 2.75) is 54.4 Å². The largest absolute Gasteiger partial charge is 0.374 e. The summed E-state index contributed by atoms with van der Waals surface area (Å²) in [6.45, 7) is 9.21. The summed E-state index contributed by atoms with van der Waals surface area (Å²) in [5.74, 6) is 0. The number of rotatable bonds is 0. The number of anilines is 1. The number of benzene rings is 1. The molecule has 1 aliphatic rings. The van der Waals surface area contributed by atoms with Gasteiger partial charge in [0.2, 0.25) is 0 Å². The van der Waals surface area contributed by atoms with Gasteiger partial charge in [0.15, 0.2) is 0 Å². The van der Waals surface area contributed by atoms with Crippen molar-refractivity contribution in [3.05, 3.63) is 29.8 Å². The van der Waals surface area contributed by atoms with E-state index in [4.69, 9.17) is 0 Å². The van der Waals surface area contributed by atoms with E-state index in [1.54, 1.807) is 0 Å². The summed E-state index contributed by atoms with van der Waals surface area (Å²) in [6.07, 6.45) is 3.91. The minimum atomic E-state index is 0. The van der Waals surface area contributed by atoms with Crippen LogP contribution in [0.5, 0.6) is 0 Å². The first-order valence-corrected chi connectivity index (χ1v) is 6.67. The van der Waals surface area contributed by atoms with E-state index in [2.05, 4.69) is 36.2 Å². The fraction of sp³-hybridized carbons (Fsp3) is 0.625. The molecule has 2 rings (SSSR count). The summed E-state index contributed by atoms with van der Waals surface area (Å²) in [4.78, 5) is 2.36. The monoisotopic (exact) mass is 237 g/mol. The van der Waals surface area contributed by atoms with Crippen LogP contribution in [0.4, 0.5) is 5.69 Å². The van der Waals surface area contributed by atoms with Crippen molar-refractivity contribution in [2.24, 2.45) is 0 Å². The molecule has 0 saturated heterocycles. The van der Waals surface area contributed by atoms with E-state index >= 15 is 0 Å². The molecule has 1 aromatic carbocycles. The Morgan fingerprint density at radius 1 is 0.941 bits per heavy atom. The number of nitrogens with zero attached hydrogens (tertiary/aromatic N) is 1. The molecule has 1 nitrogen and oxygen atoms in total. The summed E-state index contributed by atoms with van der Waals surface area (Å²) in [5, 5.41) is 0. The topological polar surface area (TPSA) is 3.24 Å². The first kappa shape index (κ1) is 18.4. The molecule has 0 N–H and O–H groups in total. The smallest absolute Gasteiger partial charge is 0.0396 e. The maximum Gasteiger partial charge on any atom is 0.0396 e. The molecule has 0 bridgehead atoms. The molecule has 0 unspecified atom stereocenters. The van der Waals surface area contributed by atoms with E-state index in [-0.39, 0.29) is 7.43 Å². The zero-order chi connectivity index (χ0) is 12.4. The molecule has 1 heteroatoms. The Labute approximate surface area is 109 Å². The standard InChI is InChI=1S/C11H15N.2C2H6.CH4/c1-12-9-5-4-7-10-6-2-3-8-11(10)12;2*1-2;/h2-3,6,8H,4-5,7,9H2,1H3;2*1-2H3;1H4. The molecule has 0 saturated carbocycles. The maximum absolute atomic E-state index is 2.36. The predicted octanol–water partition coefficient (Wildman–Crippen LogP) is 5.15. The second-order valence-corrected chi connectivity index (χ2v) is 3.51. The Morgan fingerprint density at radius 2 is 1.53 bits per heavy atom. The fourth-order valence-electron chi connectivity index (χ4n) is 1.88. The molecule has 0 atom stereocenters. The minimum absolute atomic E-state index is 0. The molecule has 0 radical (unpaired) electrons. The van der Waals surface area contributed by atoms with Crippen molar-refractivity contribution in [3.8, 4) is 0 Å². The average Bonchev–Trinajstić information content (AvgIpc) is 2.57. The highest BCUT2D eigenvalue weighted by Gasteiger charge is 2.09. The summed E-state index contributed by atoms with van der Waals surface area (Å²) in [7, 11) is 2.18. The predicted molar refractivity (Wildman–Crippen MR) is 82.1 cm³/mol. The van der Waals surface area contributed by atoms with Crippen LogP contribution in [-0.4, -0.2) is 13.6 Å². The van der Waals surface area contributed by atoms with Crippen LogP contribution in [0.25, 0.3) is 0 Å². The van der Waals surface area contributed by atoms with Crippen LogP contribution in [0.1, 0.15) is 53.5 Å². The highest BCUT2D eigenvalue weighted by atomic mass is 15.1. The van der Waals surface area contributed by atoms with Crippen molar-refractivity contribution >= 4 is 5.69 Å². The maximum atomic E-state index is 2.36. The van der Waals surface area contributed by atoms with Crippen LogP contribution in [0.2, 0.25) is 0 Å². The van der Waals surface area contributed by atoms with E-state index in [1.165, 1.54) is 37.1 Å². The van der Waals surface area contributed by atoms with E-state index in [0.29, 0.717) is 0 Å². The van der Waals surface area contributed by atoms with E-state index in [0.717, 1.165) is 0 Å². The lowest BCUT2D eigenvalue weighted by molar-refractivity contribution is 0.750. The first-order valence-electron chi connectivity index (χ1n) is 6.67. The van der Waals surface area contributed by atoms with Gasteiger partial charge in [-0.3, -0.25) is 0 Å². The van der Waals surface area contributed by atoms with Crippen LogP contribution >= 0.6 is 0 Å². The van der Waals surface area contributed by atoms with Gasteiger partial charge in [-0.15, -0.1) is 0 Å². The Hall–Kier alpha value is -0.980. The zero-order valence-corrected chi connectivity index (χ0v) is 11.6. The van der Waals surface area contributed by atoms with Crippen molar-refractivity contribution in [2.75, 3.05) is 18.5 Å². The number of fused-ring (bicyclic) bond motifs is 1. The second-order valence-electron chi connectivity index (χ2n) is 3.51. The molecular weight excluding hydrogens is 206 g/mol. The van der Waals surface area contributed by atoms with Gasteiger partial charge in [0, 0.05) is 19.3 Å². The summed E-state index contributed by atoms with van der Waals surface area (Å²) in [6, 6.07) is 8.73. The van der Waals surface area contributed by atoms with Gasteiger partial charge in [-0.1, -0.05) is 53.3 Å². The molecule has 0 fully saturated rings. The third-order valence-electron chi connectivity index (χ3n) is 2.59. The van der Waals surface area contributed by atoms with E-state index in [1.807, 2.05) is 27.7 Å². The third-order valence-corrected chi connectivity index (χ3v) is 2.59. The van der Waals surface area contributed by atoms with Crippen LogP contribution < -0.4 is 4.90 Å². The molecule has 1 heterocycles. The van der Waals surface area contributed by atoms with E-state index in [9.17, 15) is 0 Å². The van der Waals surface area contributed by atoms with Gasteiger partial charge in [-0.25, -0.2) is 0 Å². The minimum Gasteiger partial charge on any atom is -0.374 e. The van der Waals surface area contributed by atoms with Gasteiger partial charge in [0.05, 0.1) is 0 Å². The van der Waals surface area contributed by atoms with E-state index < -0.39 is 0 Å². The van der Waals surface area contributed by atoms with Gasteiger partial charge in [0.25, 0.3) is 0 Å². The number of para-hydroxylation sites is 1. The molecule has 0 amide bonds. The van der Waals surface area contributed by atoms with Gasteiger partial charge >= 0.3 is 0 Å². The number of aryl methyl sites for hydroxylation is 1. The molecule has 1 aliphatic heterocycles. The molecular formula is C16H31N. The quantitative estimate of drug-likeness (QED) is 0.603. The molecule has 17 heavy (non-hydrogen) atoms. The summed E-state index contributed by atoms with van der Waals surface area (Å²) >= 11 is 0. The average molecular weight is 237 g/mol. The Kier molecular flexibility index (Phi) is 12.4. The molecule has 0 aromatic heterocycles. The first-order chi connectivity index (χ1) is 7.88. The highest BCUT2D eigenvalue weighted by Crippen LogP contribution is 2.24. The number of hydrogen-bond acceptors (Lipinski definition) is 1. The van der Waals surface area contributed by atoms with Gasteiger partial charge < -0.3 is 4.90 Å². The zero-order valence-electron chi connectivity index (χ0n) is 11.6. The molecule has 0 aliphatic carbocycles. The lowest BCUT2D eigenvalue weighted by Gasteiger charge is -2.18. The van der Waals surface area contributed by atoms with Crippen LogP contribution in [-0.2, 0) is 6.42 Å². The number of hydrogen-bond donors (Lipinski definition) is 0. The second kappa shape index (κ2) is 11.5. The van der Waals surface area contributed by atoms with Crippen molar-refractivity contribution in [1.82, 2.24) is 0 Å². The van der Waals surface area contributed by atoms with Crippen LogP contribution in [0, 0.1) is 0 Å². The molecule has 1 aromatic rings. The Bertz CT molecular complexity index is 268. The van der Waals surface area contributed by atoms with Crippen LogP contribution in [0.15, 0.2) is 24.3 Å². The van der Waals surface area contributed by atoms with Crippen molar-refractivity contribution in [1.29, 1.82) is 0 Å². The van der Waals surface area contributed by atoms with Crippen molar-refractivity contribution < 1.29 is 0 Å². The lowest BCUT2D eigenvalue weighted by Crippen LogP contribution is -2.17. The molecule has 0 spiro atoms. The SMILES string of the molecule is C.CC.CC.CN1CCCCc2ccccc21. The molecule has 100 valence electrons. The van der Waals surface area contributed by atoms with Crippen LogP contribution in [0.3, 0.4) is 0 Å². The van der Waals surface area contributed by atoms with Gasteiger partial charge in [-0.05, 0) is 30.9 Å².